The van der Waals surface area contributed by atoms with Crippen LogP contribution in [0.1, 0.15) is 31.4 Å². The van der Waals surface area contributed by atoms with E-state index in [-0.39, 0.29) is 0 Å². The highest BCUT2D eigenvalue weighted by atomic mass is 15.0. The van der Waals surface area contributed by atoms with E-state index in [0.29, 0.717) is 5.92 Å². The minimum atomic E-state index is 0.572. The molecule has 1 atom stereocenters. The van der Waals surface area contributed by atoms with Crippen LogP contribution < -0.4 is 10.6 Å². The van der Waals surface area contributed by atoms with Gasteiger partial charge in [-0.3, -0.25) is 0 Å². The number of aryl methyl sites for hydroxylation is 2. The van der Waals surface area contributed by atoms with E-state index in [1.165, 1.54) is 32.8 Å². The second-order valence-electron chi connectivity index (χ2n) is 7.04. The Kier molecular flexibility index (Phi) is 4.04. The molecule has 0 radical (unpaired) electrons. The molecule has 2 aromatic heterocycles. The first-order valence-electron chi connectivity index (χ1n) is 9.11. The molecule has 1 aromatic carbocycles. The van der Waals surface area contributed by atoms with Gasteiger partial charge in [-0.1, -0.05) is 61.9 Å². The number of hydrogen-bond acceptors (Lipinski definition) is 1. The van der Waals surface area contributed by atoms with Gasteiger partial charge in [0, 0.05) is 23.2 Å². The van der Waals surface area contributed by atoms with E-state index in [4.69, 9.17) is 4.98 Å². The number of hydrogen-bond donors (Lipinski definition) is 0. The zero-order chi connectivity index (χ0) is 17.4. The molecular weight excluding hydrogens is 304 g/mol. The molecule has 0 spiro atoms. The summed E-state index contributed by atoms with van der Waals surface area (Å²) in [6.07, 6.45) is 11.1. The SMILES string of the molecule is CCc1ccc(-n2cc(-c3ccc(C)cc3)c3c2=CCC(C)C=3)nc1. The lowest BCUT2D eigenvalue weighted by molar-refractivity contribution is 0.792. The van der Waals surface area contributed by atoms with Crippen LogP contribution in [0.15, 0.2) is 48.8 Å². The van der Waals surface area contributed by atoms with Crippen molar-refractivity contribution in [1.82, 2.24) is 9.55 Å². The van der Waals surface area contributed by atoms with E-state index >= 15 is 0 Å². The van der Waals surface area contributed by atoms with Crippen LogP contribution in [0.2, 0.25) is 0 Å². The second-order valence-corrected chi connectivity index (χ2v) is 7.04. The highest BCUT2D eigenvalue weighted by Gasteiger charge is 2.13. The number of nitrogens with zero attached hydrogens (tertiary/aromatic N) is 2. The largest absolute Gasteiger partial charge is 0.301 e. The molecule has 2 heterocycles. The van der Waals surface area contributed by atoms with Crippen molar-refractivity contribution >= 4 is 12.2 Å². The van der Waals surface area contributed by atoms with Crippen molar-refractivity contribution in [3.8, 4) is 16.9 Å². The van der Waals surface area contributed by atoms with Crippen LogP contribution in [-0.2, 0) is 6.42 Å². The third-order valence-electron chi connectivity index (χ3n) is 5.04. The lowest BCUT2D eigenvalue weighted by Crippen LogP contribution is -2.32. The molecule has 3 aromatic rings. The van der Waals surface area contributed by atoms with Crippen LogP contribution in [-0.4, -0.2) is 9.55 Å². The summed E-state index contributed by atoms with van der Waals surface area (Å²) in [5, 5.41) is 2.61. The molecule has 0 saturated heterocycles. The van der Waals surface area contributed by atoms with Gasteiger partial charge in [0.1, 0.15) is 5.82 Å². The van der Waals surface area contributed by atoms with Crippen LogP contribution in [0.5, 0.6) is 0 Å². The number of fused-ring (bicyclic) bond motifs is 1. The summed E-state index contributed by atoms with van der Waals surface area (Å²) in [6.45, 7) is 6.57. The van der Waals surface area contributed by atoms with Crippen LogP contribution >= 0.6 is 0 Å². The molecule has 0 aliphatic heterocycles. The van der Waals surface area contributed by atoms with Crippen molar-refractivity contribution < 1.29 is 0 Å². The third-order valence-corrected chi connectivity index (χ3v) is 5.04. The summed E-state index contributed by atoms with van der Waals surface area (Å²) in [7, 11) is 0. The molecule has 1 aliphatic rings. The molecule has 2 nitrogen and oxygen atoms in total. The Hall–Kier alpha value is -2.61. The molecule has 0 fully saturated rings. The normalized spacial score (nSPS) is 16.0. The quantitative estimate of drug-likeness (QED) is 0.710. The number of rotatable bonds is 3. The van der Waals surface area contributed by atoms with Crippen molar-refractivity contribution in [3.05, 3.63) is 70.5 Å². The Balaban J connectivity index is 1.93. The monoisotopic (exact) mass is 328 g/mol. The van der Waals surface area contributed by atoms with E-state index in [2.05, 4.69) is 80.1 Å². The molecule has 1 unspecified atom stereocenters. The molecule has 2 heteroatoms. The van der Waals surface area contributed by atoms with Gasteiger partial charge in [-0.05, 0) is 42.9 Å². The molecule has 0 saturated carbocycles. The molecule has 25 heavy (non-hydrogen) atoms. The van der Waals surface area contributed by atoms with E-state index in [0.717, 1.165) is 18.7 Å². The Bertz CT molecular complexity index is 1010. The zero-order valence-electron chi connectivity index (χ0n) is 15.2. The smallest absolute Gasteiger partial charge is 0.137 e. The molecule has 4 rings (SSSR count). The van der Waals surface area contributed by atoms with Gasteiger partial charge < -0.3 is 4.57 Å². The maximum Gasteiger partial charge on any atom is 0.137 e. The van der Waals surface area contributed by atoms with Crippen LogP contribution in [0.4, 0.5) is 0 Å². The van der Waals surface area contributed by atoms with E-state index in [9.17, 15) is 0 Å². The average molecular weight is 328 g/mol. The first-order valence-corrected chi connectivity index (χ1v) is 9.11. The summed E-state index contributed by atoms with van der Waals surface area (Å²) in [4.78, 5) is 4.70. The predicted molar refractivity (Wildman–Crippen MR) is 105 cm³/mol. The van der Waals surface area contributed by atoms with E-state index in [1.54, 1.807) is 0 Å². The van der Waals surface area contributed by atoms with E-state index in [1.807, 2.05) is 6.20 Å². The number of benzene rings is 1. The van der Waals surface area contributed by atoms with Gasteiger partial charge in [-0.2, -0.15) is 0 Å². The van der Waals surface area contributed by atoms with Gasteiger partial charge in [-0.25, -0.2) is 4.98 Å². The number of aromatic nitrogens is 2. The van der Waals surface area contributed by atoms with Gasteiger partial charge >= 0.3 is 0 Å². The van der Waals surface area contributed by atoms with Crippen molar-refractivity contribution in [3.63, 3.8) is 0 Å². The van der Waals surface area contributed by atoms with Gasteiger partial charge in [0.05, 0.1) is 5.35 Å². The van der Waals surface area contributed by atoms with Crippen LogP contribution in [0.3, 0.4) is 0 Å². The van der Waals surface area contributed by atoms with Crippen molar-refractivity contribution in [2.24, 2.45) is 5.92 Å². The van der Waals surface area contributed by atoms with Crippen molar-refractivity contribution in [2.75, 3.05) is 0 Å². The molecule has 1 aliphatic carbocycles. The van der Waals surface area contributed by atoms with Gasteiger partial charge in [0.15, 0.2) is 0 Å². The summed E-state index contributed by atoms with van der Waals surface area (Å²) in [6, 6.07) is 13.1. The number of pyridine rings is 1. The second kappa shape index (κ2) is 6.36. The fourth-order valence-corrected chi connectivity index (χ4v) is 3.49. The third kappa shape index (κ3) is 2.93. The minimum Gasteiger partial charge on any atom is -0.301 e. The standard InChI is InChI=1S/C23H24N2/c1-4-18-8-12-23(24-14-18)25-15-21(19-9-5-16(2)6-10-19)20-13-17(3)7-11-22(20)25/h5-6,8-15,17H,4,7H2,1-3H3. The molecule has 0 bridgehead atoms. The average Bonchev–Trinajstić information content (AvgIpc) is 3.01. The molecule has 0 N–H and O–H groups in total. The lowest BCUT2D eigenvalue weighted by atomic mass is 9.98. The summed E-state index contributed by atoms with van der Waals surface area (Å²) >= 11 is 0. The van der Waals surface area contributed by atoms with Crippen molar-refractivity contribution in [2.45, 2.75) is 33.6 Å². The molecule has 126 valence electrons. The molecular formula is C23H24N2. The summed E-state index contributed by atoms with van der Waals surface area (Å²) in [5.74, 6) is 1.56. The highest BCUT2D eigenvalue weighted by molar-refractivity contribution is 5.67. The summed E-state index contributed by atoms with van der Waals surface area (Å²) in [5.41, 5.74) is 5.12. The zero-order valence-corrected chi connectivity index (χ0v) is 15.2. The van der Waals surface area contributed by atoms with Gasteiger partial charge in [-0.15, -0.1) is 0 Å². The first-order chi connectivity index (χ1) is 12.2. The lowest BCUT2D eigenvalue weighted by Gasteiger charge is -2.08. The Labute approximate surface area is 149 Å². The fraction of sp³-hybridized carbons (Fsp3) is 0.261. The first kappa shape index (κ1) is 15.9. The Morgan fingerprint density at radius 2 is 1.92 bits per heavy atom. The Morgan fingerprint density at radius 1 is 1.12 bits per heavy atom. The Morgan fingerprint density at radius 3 is 2.60 bits per heavy atom. The highest BCUT2D eigenvalue weighted by Crippen LogP contribution is 2.19. The van der Waals surface area contributed by atoms with Crippen molar-refractivity contribution in [1.29, 1.82) is 0 Å². The van der Waals surface area contributed by atoms with E-state index < -0.39 is 0 Å². The maximum atomic E-state index is 4.70. The van der Waals surface area contributed by atoms with Crippen LogP contribution in [0.25, 0.3) is 29.1 Å². The maximum absolute atomic E-state index is 4.70. The topological polar surface area (TPSA) is 17.8 Å². The predicted octanol–water partition coefficient (Wildman–Crippen LogP) is 4.01. The molecule has 0 amide bonds. The van der Waals surface area contributed by atoms with Crippen LogP contribution in [0, 0.1) is 12.8 Å². The van der Waals surface area contributed by atoms with Gasteiger partial charge in [0.2, 0.25) is 0 Å². The minimum absolute atomic E-state index is 0.572. The van der Waals surface area contributed by atoms with Gasteiger partial charge in [0.25, 0.3) is 0 Å². The summed E-state index contributed by atoms with van der Waals surface area (Å²) < 4.78 is 2.24. The fourth-order valence-electron chi connectivity index (χ4n) is 3.49.